The van der Waals surface area contributed by atoms with Crippen LogP contribution in [-0.4, -0.2) is 21.8 Å². The van der Waals surface area contributed by atoms with E-state index in [0.717, 1.165) is 0 Å². The summed E-state index contributed by atoms with van der Waals surface area (Å²) in [6.45, 7) is 1.40. The van der Waals surface area contributed by atoms with Crippen LogP contribution < -0.4 is 10.1 Å². The number of hydrogen-bond donors (Lipinski definition) is 2. The quantitative estimate of drug-likeness (QED) is 0.852. The van der Waals surface area contributed by atoms with E-state index in [1.165, 1.54) is 14.0 Å². The van der Waals surface area contributed by atoms with Crippen LogP contribution in [0.15, 0.2) is 47.4 Å². The molecule has 1 amide bonds. The smallest absolute Gasteiger partial charge is 0.221 e. The molecule has 2 rings (SSSR count). The van der Waals surface area contributed by atoms with E-state index in [-0.39, 0.29) is 10.8 Å². The molecule has 0 aromatic heterocycles. The normalized spacial score (nSPS) is 11.8. The van der Waals surface area contributed by atoms with E-state index in [1.807, 2.05) is 0 Å². The van der Waals surface area contributed by atoms with Gasteiger partial charge in [-0.05, 0) is 12.1 Å². The third kappa shape index (κ3) is 3.29. The van der Waals surface area contributed by atoms with Gasteiger partial charge in [0, 0.05) is 18.1 Å². The largest absolute Gasteiger partial charge is 0.495 e. The molecule has 2 N–H and O–H groups in total. The van der Waals surface area contributed by atoms with E-state index in [1.54, 1.807) is 42.5 Å². The molecule has 0 radical (unpaired) electrons. The van der Waals surface area contributed by atoms with Gasteiger partial charge in [-0.15, -0.1) is 0 Å². The summed E-state index contributed by atoms with van der Waals surface area (Å²) < 4.78 is 26.1. The van der Waals surface area contributed by atoms with Crippen molar-refractivity contribution in [1.82, 2.24) is 0 Å². The number of ether oxygens (including phenoxy) is 1. The van der Waals surface area contributed by atoms with Crippen molar-refractivity contribution in [3.8, 4) is 16.9 Å². The molecule has 0 aliphatic heterocycles. The second-order valence-corrected chi connectivity index (χ2v) is 5.25. The first-order valence-corrected chi connectivity index (χ1v) is 7.30. The van der Waals surface area contributed by atoms with Crippen molar-refractivity contribution in [1.29, 1.82) is 0 Å². The maximum absolute atomic E-state index is 11.5. The van der Waals surface area contributed by atoms with Gasteiger partial charge in [0.2, 0.25) is 5.91 Å². The average molecular weight is 305 g/mol. The highest BCUT2D eigenvalue weighted by atomic mass is 32.2. The standard InChI is InChI=1S/C15H15NO4S/c1-10(17)16-15-12(7-5-8-13(15)20-2)11-6-3-4-9-14(11)21(18)19/h3-9H,1-2H3,(H,16,17)(H,18,19). The lowest BCUT2D eigenvalue weighted by Crippen LogP contribution is -2.09. The Morgan fingerprint density at radius 3 is 2.43 bits per heavy atom. The van der Waals surface area contributed by atoms with Gasteiger partial charge >= 0.3 is 0 Å². The van der Waals surface area contributed by atoms with E-state index in [0.29, 0.717) is 22.6 Å². The molecule has 21 heavy (non-hydrogen) atoms. The molecule has 0 fully saturated rings. The topological polar surface area (TPSA) is 75.6 Å². The highest BCUT2D eigenvalue weighted by molar-refractivity contribution is 7.79. The van der Waals surface area contributed by atoms with Crippen molar-refractivity contribution in [3.63, 3.8) is 0 Å². The number of nitrogens with one attached hydrogen (secondary N) is 1. The van der Waals surface area contributed by atoms with Gasteiger partial charge in [0.1, 0.15) is 5.75 Å². The summed E-state index contributed by atoms with van der Waals surface area (Å²) in [7, 11) is 1.50. The van der Waals surface area contributed by atoms with Gasteiger partial charge in [-0.1, -0.05) is 30.3 Å². The third-order valence-corrected chi connectivity index (χ3v) is 3.64. The lowest BCUT2D eigenvalue weighted by atomic mass is 10.0. The molecule has 0 bridgehead atoms. The lowest BCUT2D eigenvalue weighted by molar-refractivity contribution is -0.114. The van der Waals surface area contributed by atoms with Gasteiger partial charge in [-0.3, -0.25) is 4.79 Å². The zero-order valence-corrected chi connectivity index (χ0v) is 12.4. The Bertz CT molecular complexity index is 700. The highest BCUT2D eigenvalue weighted by Crippen LogP contribution is 2.38. The lowest BCUT2D eigenvalue weighted by Gasteiger charge is -2.15. The third-order valence-electron chi connectivity index (χ3n) is 2.91. The van der Waals surface area contributed by atoms with Crippen molar-refractivity contribution < 1.29 is 18.3 Å². The van der Waals surface area contributed by atoms with Gasteiger partial charge in [0.25, 0.3) is 0 Å². The summed E-state index contributed by atoms with van der Waals surface area (Å²) in [5.74, 6) is 0.240. The fraction of sp³-hybridized carbons (Fsp3) is 0.133. The summed E-state index contributed by atoms with van der Waals surface area (Å²) >= 11 is -2.12. The number of anilines is 1. The van der Waals surface area contributed by atoms with Gasteiger partial charge in [-0.25, -0.2) is 4.21 Å². The van der Waals surface area contributed by atoms with Crippen molar-refractivity contribution in [2.75, 3.05) is 12.4 Å². The molecular weight excluding hydrogens is 290 g/mol. The second kappa shape index (κ2) is 6.51. The minimum Gasteiger partial charge on any atom is -0.495 e. The fourth-order valence-electron chi connectivity index (χ4n) is 2.07. The summed E-state index contributed by atoms with van der Waals surface area (Å²) in [5, 5.41) is 2.71. The van der Waals surface area contributed by atoms with Crippen LogP contribution in [0.1, 0.15) is 6.92 Å². The van der Waals surface area contributed by atoms with Crippen molar-refractivity contribution in [2.24, 2.45) is 0 Å². The van der Waals surface area contributed by atoms with E-state index in [9.17, 15) is 13.6 Å². The zero-order valence-electron chi connectivity index (χ0n) is 11.6. The highest BCUT2D eigenvalue weighted by Gasteiger charge is 2.16. The van der Waals surface area contributed by atoms with Crippen LogP contribution in [0.2, 0.25) is 0 Å². The Labute approximate surface area is 125 Å². The predicted molar refractivity (Wildman–Crippen MR) is 81.8 cm³/mol. The number of benzene rings is 2. The molecule has 0 saturated heterocycles. The summed E-state index contributed by atoms with van der Waals surface area (Å²) in [5.41, 5.74) is 1.67. The molecule has 110 valence electrons. The van der Waals surface area contributed by atoms with Crippen molar-refractivity contribution >= 4 is 22.7 Å². The molecular formula is C15H15NO4S. The first kappa shape index (κ1) is 15.2. The molecule has 0 aliphatic carbocycles. The second-order valence-electron chi connectivity index (χ2n) is 4.31. The zero-order chi connectivity index (χ0) is 15.4. The van der Waals surface area contributed by atoms with Crippen LogP contribution in [0.3, 0.4) is 0 Å². The fourth-order valence-corrected chi connectivity index (χ4v) is 2.63. The minimum atomic E-state index is -2.12. The predicted octanol–water partition coefficient (Wildman–Crippen LogP) is 2.90. The van der Waals surface area contributed by atoms with Crippen molar-refractivity contribution in [2.45, 2.75) is 11.8 Å². The summed E-state index contributed by atoms with van der Waals surface area (Å²) in [6.07, 6.45) is 0. The van der Waals surface area contributed by atoms with Crippen LogP contribution in [0.5, 0.6) is 5.75 Å². The number of carbonyl (C=O) groups excluding carboxylic acids is 1. The minimum absolute atomic E-state index is 0.247. The maximum atomic E-state index is 11.5. The average Bonchev–Trinajstić information content (AvgIpc) is 2.47. The van der Waals surface area contributed by atoms with Crippen LogP contribution in [0.4, 0.5) is 5.69 Å². The number of rotatable bonds is 4. The molecule has 1 atom stereocenters. The van der Waals surface area contributed by atoms with Gasteiger partial charge in [-0.2, -0.15) is 0 Å². The SMILES string of the molecule is COc1cccc(-c2ccccc2S(=O)O)c1NC(C)=O. The van der Waals surface area contributed by atoms with Crippen LogP contribution in [0.25, 0.3) is 11.1 Å². The van der Waals surface area contributed by atoms with E-state index >= 15 is 0 Å². The Balaban J connectivity index is 2.69. The number of para-hydroxylation sites is 1. The molecule has 2 aromatic rings. The molecule has 2 aromatic carbocycles. The van der Waals surface area contributed by atoms with Crippen LogP contribution in [0, 0.1) is 0 Å². The number of methoxy groups -OCH3 is 1. The number of amides is 1. The maximum Gasteiger partial charge on any atom is 0.221 e. The Morgan fingerprint density at radius 1 is 1.14 bits per heavy atom. The monoisotopic (exact) mass is 305 g/mol. The molecule has 5 nitrogen and oxygen atoms in total. The molecule has 6 heteroatoms. The van der Waals surface area contributed by atoms with Crippen molar-refractivity contribution in [3.05, 3.63) is 42.5 Å². The molecule has 0 saturated carbocycles. The first-order valence-electron chi connectivity index (χ1n) is 6.19. The number of carbonyl (C=O) groups is 1. The molecule has 0 aliphatic rings. The molecule has 0 spiro atoms. The Kier molecular flexibility index (Phi) is 4.72. The van der Waals surface area contributed by atoms with Gasteiger partial charge in [0.05, 0.1) is 17.7 Å². The van der Waals surface area contributed by atoms with E-state index < -0.39 is 11.1 Å². The van der Waals surface area contributed by atoms with E-state index in [2.05, 4.69) is 5.32 Å². The summed E-state index contributed by atoms with van der Waals surface area (Å²) in [4.78, 5) is 11.7. The Morgan fingerprint density at radius 2 is 1.81 bits per heavy atom. The first-order chi connectivity index (χ1) is 10.0. The Hall–Kier alpha value is -2.18. The molecule has 0 heterocycles. The van der Waals surface area contributed by atoms with Gasteiger partial charge in [0.15, 0.2) is 11.1 Å². The van der Waals surface area contributed by atoms with Crippen LogP contribution in [-0.2, 0) is 15.9 Å². The van der Waals surface area contributed by atoms with Crippen LogP contribution >= 0.6 is 0 Å². The molecule has 1 unspecified atom stereocenters. The number of hydrogen-bond acceptors (Lipinski definition) is 3. The van der Waals surface area contributed by atoms with Gasteiger partial charge < -0.3 is 14.6 Å². The van der Waals surface area contributed by atoms with E-state index in [4.69, 9.17) is 4.74 Å². The summed E-state index contributed by atoms with van der Waals surface area (Å²) in [6, 6.07) is 12.0.